The number of phenolic OH excluding ortho intramolecular Hbond substituents is 1. The molecule has 1 saturated heterocycles. The highest BCUT2D eigenvalue weighted by atomic mass is 79.9. The number of nitrogens with zero attached hydrogens (tertiary/aromatic N) is 2. The van der Waals surface area contributed by atoms with Crippen LogP contribution in [0.15, 0.2) is 22.7 Å². The average Bonchev–Trinajstić information content (AvgIpc) is 2.28. The first-order valence-electron chi connectivity index (χ1n) is 5.54. The van der Waals surface area contributed by atoms with Crippen LogP contribution in [0.5, 0.6) is 5.75 Å². The maximum Gasteiger partial charge on any atom is 0.134 e. The van der Waals surface area contributed by atoms with Crippen LogP contribution in [-0.4, -0.2) is 48.1 Å². The van der Waals surface area contributed by atoms with E-state index in [-0.39, 0.29) is 0 Å². The number of halogens is 1. The van der Waals surface area contributed by atoms with Gasteiger partial charge >= 0.3 is 0 Å². The third-order valence-corrected chi connectivity index (χ3v) is 3.70. The molecule has 1 fully saturated rings. The van der Waals surface area contributed by atoms with Crippen molar-refractivity contribution in [3.63, 3.8) is 0 Å². The van der Waals surface area contributed by atoms with Gasteiger partial charge in [-0.2, -0.15) is 0 Å². The van der Waals surface area contributed by atoms with Crippen molar-refractivity contribution in [2.24, 2.45) is 0 Å². The van der Waals surface area contributed by atoms with E-state index < -0.39 is 0 Å². The van der Waals surface area contributed by atoms with Crippen molar-refractivity contribution in [3.8, 4) is 5.75 Å². The summed E-state index contributed by atoms with van der Waals surface area (Å²) in [5.74, 6) is 0.376. The van der Waals surface area contributed by atoms with E-state index in [0.717, 1.165) is 42.8 Å². The van der Waals surface area contributed by atoms with E-state index >= 15 is 0 Å². The first kappa shape index (κ1) is 11.9. The lowest BCUT2D eigenvalue weighted by Crippen LogP contribution is -2.43. The third-order valence-electron chi connectivity index (χ3n) is 3.06. The standard InChI is InChI=1S/C12H17BrN2O/c1-14-5-7-15(8-6-14)9-10-3-2-4-11(13)12(10)16/h2-4,16H,5-9H2,1H3. The largest absolute Gasteiger partial charge is 0.506 e. The molecule has 0 radical (unpaired) electrons. The maximum absolute atomic E-state index is 9.90. The van der Waals surface area contributed by atoms with Crippen LogP contribution in [0.4, 0.5) is 0 Å². The van der Waals surface area contributed by atoms with Gasteiger partial charge in [-0.15, -0.1) is 0 Å². The zero-order valence-electron chi connectivity index (χ0n) is 9.49. The van der Waals surface area contributed by atoms with E-state index in [0.29, 0.717) is 5.75 Å². The van der Waals surface area contributed by atoms with Gasteiger partial charge in [0, 0.05) is 38.3 Å². The minimum absolute atomic E-state index is 0.376. The Kier molecular flexibility index (Phi) is 3.84. The molecule has 0 amide bonds. The first-order chi connectivity index (χ1) is 7.66. The number of hydrogen-bond acceptors (Lipinski definition) is 3. The summed E-state index contributed by atoms with van der Waals surface area (Å²) in [5.41, 5.74) is 0.999. The second kappa shape index (κ2) is 5.17. The van der Waals surface area contributed by atoms with Gasteiger partial charge in [-0.3, -0.25) is 4.90 Å². The summed E-state index contributed by atoms with van der Waals surface area (Å²) in [7, 11) is 2.15. The molecule has 0 spiro atoms. The third kappa shape index (κ3) is 2.75. The van der Waals surface area contributed by atoms with E-state index in [2.05, 4.69) is 32.8 Å². The normalized spacial score (nSPS) is 18.9. The molecular weight excluding hydrogens is 268 g/mol. The maximum atomic E-state index is 9.90. The highest BCUT2D eigenvalue weighted by Crippen LogP contribution is 2.28. The summed E-state index contributed by atoms with van der Waals surface area (Å²) in [6.45, 7) is 5.19. The van der Waals surface area contributed by atoms with Gasteiger partial charge < -0.3 is 10.0 Å². The Morgan fingerprint density at radius 1 is 1.25 bits per heavy atom. The van der Waals surface area contributed by atoms with Gasteiger partial charge in [0.15, 0.2) is 0 Å². The summed E-state index contributed by atoms with van der Waals surface area (Å²) >= 11 is 3.34. The molecule has 1 aliphatic rings. The van der Waals surface area contributed by atoms with Crippen molar-refractivity contribution >= 4 is 15.9 Å². The average molecular weight is 285 g/mol. The second-order valence-corrected chi connectivity index (χ2v) is 5.18. The Bertz CT molecular complexity index is 362. The van der Waals surface area contributed by atoms with Gasteiger partial charge in [-0.1, -0.05) is 12.1 Å². The smallest absolute Gasteiger partial charge is 0.134 e. The molecule has 0 saturated carbocycles. The molecular formula is C12H17BrN2O. The van der Waals surface area contributed by atoms with Crippen LogP contribution in [-0.2, 0) is 6.54 Å². The van der Waals surface area contributed by atoms with Gasteiger partial charge in [-0.25, -0.2) is 0 Å². The SMILES string of the molecule is CN1CCN(Cc2cccc(Br)c2O)CC1. The fraction of sp³-hybridized carbons (Fsp3) is 0.500. The van der Waals surface area contributed by atoms with Crippen LogP contribution in [0.3, 0.4) is 0 Å². The van der Waals surface area contributed by atoms with Gasteiger partial charge in [0.05, 0.1) is 4.47 Å². The zero-order chi connectivity index (χ0) is 11.5. The van der Waals surface area contributed by atoms with Gasteiger partial charge in [0.2, 0.25) is 0 Å². The predicted molar refractivity (Wildman–Crippen MR) is 68.6 cm³/mol. The summed E-state index contributed by atoms with van der Waals surface area (Å²) in [5, 5.41) is 9.90. The Morgan fingerprint density at radius 3 is 2.62 bits per heavy atom. The molecule has 0 bridgehead atoms. The topological polar surface area (TPSA) is 26.7 Å². The van der Waals surface area contributed by atoms with Crippen LogP contribution < -0.4 is 0 Å². The van der Waals surface area contributed by atoms with Gasteiger partial charge in [0.25, 0.3) is 0 Å². The van der Waals surface area contributed by atoms with Crippen LogP contribution in [0.2, 0.25) is 0 Å². The van der Waals surface area contributed by atoms with Crippen molar-refractivity contribution in [1.29, 1.82) is 0 Å². The Balaban J connectivity index is 2.01. The number of aromatic hydroxyl groups is 1. The molecule has 1 N–H and O–H groups in total. The summed E-state index contributed by atoms with van der Waals surface area (Å²) in [6, 6.07) is 5.82. The summed E-state index contributed by atoms with van der Waals surface area (Å²) < 4.78 is 0.777. The van der Waals surface area contributed by atoms with E-state index in [4.69, 9.17) is 0 Å². The fourth-order valence-corrected chi connectivity index (χ4v) is 2.34. The Hall–Kier alpha value is -0.580. The van der Waals surface area contributed by atoms with Crippen LogP contribution >= 0.6 is 15.9 Å². The Labute approximate surface area is 105 Å². The molecule has 2 rings (SSSR count). The van der Waals surface area contributed by atoms with Gasteiger partial charge in [-0.05, 0) is 29.0 Å². The van der Waals surface area contributed by atoms with Gasteiger partial charge in [0.1, 0.15) is 5.75 Å². The van der Waals surface area contributed by atoms with Crippen molar-refractivity contribution in [2.45, 2.75) is 6.54 Å². The second-order valence-electron chi connectivity index (χ2n) is 4.33. The number of hydrogen-bond donors (Lipinski definition) is 1. The molecule has 1 heterocycles. The predicted octanol–water partition coefficient (Wildman–Crippen LogP) is 1.90. The summed E-state index contributed by atoms with van der Waals surface area (Å²) in [4.78, 5) is 4.71. The molecule has 16 heavy (non-hydrogen) atoms. The molecule has 0 atom stereocenters. The molecule has 4 heteroatoms. The molecule has 1 aliphatic heterocycles. The monoisotopic (exact) mass is 284 g/mol. The molecule has 0 unspecified atom stereocenters. The minimum Gasteiger partial charge on any atom is -0.506 e. The lowest BCUT2D eigenvalue weighted by atomic mass is 10.2. The van der Waals surface area contributed by atoms with Crippen molar-refractivity contribution in [1.82, 2.24) is 9.80 Å². The number of benzene rings is 1. The highest BCUT2D eigenvalue weighted by molar-refractivity contribution is 9.10. The zero-order valence-corrected chi connectivity index (χ0v) is 11.1. The van der Waals surface area contributed by atoms with Crippen LogP contribution in [0, 0.1) is 0 Å². The number of rotatable bonds is 2. The molecule has 1 aromatic carbocycles. The molecule has 3 nitrogen and oxygen atoms in total. The fourth-order valence-electron chi connectivity index (χ4n) is 1.93. The van der Waals surface area contributed by atoms with E-state index in [1.807, 2.05) is 18.2 Å². The van der Waals surface area contributed by atoms with E-state index in [1.54, 1.807) is 0 Å². The molecule has 0 aliphatic carbocycles. The highest BCUT2D eigenvalue weighted by Gasteiger charge is 2.15. The van der Waals surface area contributed by atoms with Crippen molar-refractivity contribution < 1.29 is 5.11 Å². The van der Waals surface area contributed by atoms with E-state index in [9.17, 15) is 5.11 Å². The van der Waals surface area contributed by atoms with Crippen molar-refractivity contribution in [2.75, 3.05) is 33.2 Å². The van der Waals surface area contributed by atoms with Crippen molar-refractivity contribution in [3.05, 3.63) is 28.2 Å². The quantitative estimate of drug-likeness (QED) is 0.899. The molecule has 0 aromatic heterocycles. The lowest BCUT2D eigenvalue weighted by Gasteiger charge is -2.32. The number of para-hydroxylation sites is 1. The number of phenols is 1. The molecule has 1 aromatic rings. The summed E-state index contributed by atoms with van der Waals surface area (Å²) in [6.07, 6.45) is 0. The number of piperazine rings is 1. The van der Waals surface area contributed by atoms with Crippen LogP contribution in [0.25, 0.3) is 0 Å². The number of likely N-dealkylation sites (N-methyl/N-ethyl adjacent to an activating group) is 1. The Morgan fingerprint density at radius 2 is 1.94 bits per heavy atom. The first-order valence-corrected chi connectivity index (χ1v) is 6.33. The lowest BCUT2D eigenvalue weighted by molar-refractivity contribution is 0.147. The minimum atomic E-state index is 0.376. The molecule has 88 valence electrons. The van der Waals surface area contributed by atoms with Crippen LogP contribution in [0.1, 0.15) is 5.56 Å². The van der Waals surface area contributed by atoms with E-state index in [1.165, 1.54) is 0 Å².